The van der Waals surface area contributed by atoms with Crippen molar-refractivity contribution >= 4 is 11.8 Å². The van der Waals surface area contributed by atoms with Gasteiger partial charge < -0.3 is 15.1 Å². The quantitative estimate of drug-likeness (QED) is 0.652. The lowest BCUT2D eigenvalue weighted by Gasteiger charge is -2.30. The molecule has 6 heteroatoms. The van der Waals surface area contributed by atoms with E-state index in [4.69, 9.17) is 0 Å². The molecule has 2 saturated heterocycles. The Hall–Kier alpha value is -1.14. The number of likely N-dealkylation sites (N-methyl/N-ethyl adjacent to an activating group) is 2. The molecule has 0 aromatic heterocycles. The topological polar surface area (TPSA) is 64.7 Å². The lowest BCUT2D eigenvalue weighted by atomic mass is 10.1. The summed E-state index contributed by atoms with van der Waals surface area (Å²) in [5, 5.41) is 5.68. The fourth-order valence-corrected chi connectivity index (χ4v) is 2.62. The van der Waals surface area contributed by atoms with Crippen molar-refractivity contribution < 1.29 is 9.59 Å². The highest BCUT2D eigenvalue weighted by Gasteiger charge is 2.29. The molecule has 0 bridgehead atoms. The molecule has 2 fully saturated rings. The molecule has 102 valence electrons. The van der Waals surface area contributed by atoms with Crippen LogP contribution >= 0.6 is 0 Å². The van der Waals surface area contributed by atoms with Gasteiger partial charge in [0, 0.05) is 26.2 Å². The first-order valence-corrected chi connectivity index (χ1v) is 6.53. The summed E-state index contributed by atoms with van der Waals surface area (Å²) >= 11 is 0. The summed E-state index contributed by atoms with van der Waals surface area (Å²) in [6.07, 6.45) is 2.36. The summed E-state index contributed by atoms with van der Waals surface area (Å²) in [5.41, 5.74) is 0. The van der Waals surface area contributed by atoms with Crippen LogP contribution in [0.4, 0.5) is 0 Å². The number of carbonyl (C=O) groups excluding carboxylic acids is 2. The Bertz CT molecular complexity index is 324. The molecule has 0 saturated carbocycles. The Morgan fingerprint density at radius 3 is 2.89 bits per heavy atom. The Labute approximate surface area is 108 Å². The van der Waals surface area contributed by atoms with Gasteiger partial charge in [0.15, 0.2) is 0 Å². The van der Waals surface area contributed by atoms with Gasteiger partial charge in [-0.25, -0.2) is 0 Å². The van der Waals surface area contributed by atoms with E-state index in [0.717, 1.165) is 19.5 Å². The molecule has 2 atom stereocenters. The third kappa shape index (κ3) is 3.00. The molecule has 6 nitrogen and oxygen atoms in total. The number of nitrogens with zero attached hydrogens (tertiary/aromatic N) is 2. The van der Waals surface area contributed by atoms with Crippen LogP contribution in [0.25, 0.3) is 0 Å². The molecule has 0 spiro atoms. The zero-order chi connectivity index (χ0) is 13.1. The van der Waals surface area contributed by atoms with E-state index in [1.54, 1.807) is 4.90 Å². The number of likely N-dealkylation sites (tertiary alicyclic amines) is 1. The number of hydrogen-bond donors (Lipinski definition) is 2. The molecule has 0 aliphatic carbocycles. The normalized spacial score (nSPS) is 29.1. The van der Waals surface area contributed by atoms with Crippen LogP contribution in [0.5, 0.6) is 0 Å². The molecule has 0 aromatic rings. The Balaban J connectivity index is 1.82. The van der Waals surface area contributed by atoms with Crippen LogP contribution in [-0.2, 0) is 9.59 Å². The van der Waals surface area contributed by atoms with Crippen molar-refractivity contribution in [1.82, 2.24) is 20.4 Å². The Morgan fingerprint density at radius 1 is 1.56 bits per heavy atom. The monoisotopic (exact) mass is 254 g/mol. The van der Waals surface area contributed by atoms with E-state index in [-0.39, 0.29) is 24.4 Å². The Kier molecular flexibility index (Phi) is 4.19. The lowest BCUT2D eigenvalue weighted by molar-refractivity contribution is -0.134. The first kappa shape index (κ1) is 13.3. The van der Waals surface area contributed by atoms with E-state index in [2.05, 4.69) is 22.6 Å². The van der Waals surface area contributed by atoms with Gasteiger partial charge in [-0.15, -0.1) is 0 Å². The predicted octanol–water partition coefficient (Wildman–Crippen LogP) is -1.37. The number of hydrogen-bond acceptors (Lipinski definition) is 4. The molecular formula is C12H22N4O2. The minimum absolute atomic E-state index is 0.0442. The summed E-state index contributed by atoms with van der Waals surface area (Å²) in [7, 11) is 3.95. The molecule has 2 heterocycles. The van der Waals surface area contributed by atoms with E-state index >= 15 is 0 Å². The average Bonchev–Trinajstić information content (AvgIpc) is 2.75. The van der Waals surface area contributed by atoms with Crippen molar-refractivity contribution in [2.75, 3.05) is 40.3 Å². The smallest absolute Gasteiger partial charge is 0.241 e. The van der Waals surface area contributed by atoms with Gasteiger partial charge in [0.1, 0.15) is 6.04 Å². The number of amides is 2. The van der Waals surface area contributed by atoms with Crippen molar-refractivity contribution in [3.8, 4) is 0 Å². The van der Waals surface area contributed by atoms with Gasteiger partial charge in [-0.3, -0.25) is 14.9 Å². The predicted molar refractivity (Wildman–Crippen MR) is 68.1 cm³/mol. The highest BCUT2D eigenvalue weighted by Crippen LogP contribution is 2.15. The minimum Gasteiger partial charge on any atom is -0.353 e. The molecule has 2 unspecified atom stereocenters. The molecule has 2 amide bonds. The fourth-order valence-electron chi connectivity index (χ4n) is 2.62. The largest absolute Gasteiger partial charge is 0.353 e. The zero-order valence-corrected chi connectivity index (χ0v) is 11.1. The summed E-state index contributed by atoms with van der Waals surface area (Å²) < 4.78 is 0. The maximum atomic E-state index is 12.2. The average molecular weight is 254 g/mol. The maximum absolute atomic E-state index is 12.2. The van der Waals surface area contributed by atoms with Crippen LogP contribution in [0.15, 0.2) is 0 Å². The highest BCUT2D eigenvalue weighted by molar-refractivity contribution is 5.86. The lowest BCUT2D eigenvalue weighted by Crippen LogP contribution is -2.58. The first-order chi connectivity index (χ1) is 8.58. The van der Waals surface area contributed by atoms with Crippen LogP contribution in [0.2, 0.25) is 0 Å². The van der Waals surface area contributed by atoms with E-state index < -0.39 is 0 Å². The number of carbonyl (C=O) groups is 2. The highest BCUT2D eigenvalue weighted by atomic mass is 16.2. The number of rotatable bonds is 3. The van der Waals surface area contributed by atoms with Gasteiger partial charge in [-0.2, -0.15) is 0 Å². The van der Waals surface area contributed by atoms with Crippen LogP contribution in [-0.4, -0.2) is 74.0 Å². The molecule has 2 aliphatic rings. The third-order valence-corrected chi connectivity index (χ3v) is 3.84. The van der Waals surface area contributed by atoms with Crippen LogP contribution < -0.4 is 10.6 Å². The minimum atomic E-state index is -0.278. The van der Waals surface area contributed by atoms with Gasteiger partial charge in [-0.1, -0.05) is 0 Å². The van der Waals surface area contributed by atoms with E-state index in [1.807, 2.05) is 7.05 Å². The number of nitrogens with one attached hydrogen (secondary N) is 2. The van der Waals surface area contributed by atoms with Crippen molar-refractivity contribution in [3.63, 3.8) is 0 Å². The fraction of sp³-hybridized carbons (Fsp3) is 0.833. The van der Waals surface area contributed by atoms with E-state index in [9.17, 15) is 9.59 Å². The second kappa shape index (κ2) is 5.67. The van der Waals surface area contributed by atoms with Gasteiger partial charge in [0.25, 0.3) is 0 Å². The second-order valence-electron chi connectivity index (χ2n) is 5.23. The summed E-state index contributed by atoms with van der Waals surface area (Å²) in [6, 6.07) is 0.191. The second-order valence-corrected chi connectivity index (χ2v) is 5.23. The van der Waals surface area contributed by atoms with E-state index in [0.29, 0.717) is 12.6 Å². The summed E-state index contributed by atoms with van der Waals surface area (Å²) in [6.45, 7) is 2.50. The standard InChI is InChI=1S/C12H22N4O2/c1-15-5-3-4-9(15)8-16(2)12(18)10-6-14-11(17)7-13-10/h9-10,13H,3-8H2,1-2H3,(H,14,17). The van der Waals surface area contributed by atoms with Crippen molar-refractivity contribution in [3.05, 3.63) is 0 Å². The SMILES string of the molecule is CN(CC1CCCN1C)C(=O)C1CNC(=O)CN1. The van der Waals surface area contributed by atoms with Gasteiger partial charge >= 0.3 is 0 Å². The molecular weight excluding hydrogens is 232 g/mol. The Morgan fingerprint density at radius 2 is 2.33 bits per heavy atom. The van der Waals surface area contributed by atoms with Gasteiger partial charge in [0.05, 0.1) is 6.54 Å². The summed E-state index contributed by atoms with van der Waals surface area (Å²) in [4.78, 5) is 27.3. The first-order valence-electron chi connectivity index (χ1n) is 6.53. The third-order valence-electron chi connectivity index (χ3n) is 3.84. The summed E-state index contributed by atoms with van der Waals surface area (Å²) in [5.74, 6) is 0.0209. The van der Waals surface area contributed by atoms with Crippen molar-refractivity contribution in [2.45, 2.75) is 24.9 Å². The molecule has 2 rings (SSSR count). The van der Waals surface area contributed by atoms with Gasteiger partial charge in [-0.05, 0) is 26.4 Å². The van der Waals surface area contributed by atoms with Crippen LogP contribution in [0.1, 0.15) is 12.8 Å². The van der Waals surface area contributed by atoms with E-state index in [1.165, 1.54) is 6.42 Å². The van der Waals surface area contributed by atoms with Crippen LogP contribution in [0.3, 0.4) is 0 Å². The van der Waals surface area contributed by atoms with Crippen molar-refractivity contribution in [2.24, 2.45) is 0 Å². The van der Waals surface area contributed by atoms with Crippen molar-refractivity contribution in [1.29, 1.82) is 0 Å². The zero-order valence-electron chi connectivity index (χ0n) is 11.1. The molecule has 0 aromatic carbocycles. The molecule has 0 radical (unpaired) electrons. The molecule has 2 aliphatic heterocycles. The van der Waals surface area contributed by atoms with Crippen LogP contribution in [0, 0.1) is 0 Å². The number of piperazine rings is 1. The maximum Gasteiger partial charge on any atom is 0.241 e. The molecule has 18 heavy (non-hydrogen) atoms. The van der Waals surface area contributed by atoms with Gasteiger partial charge in [0.2, 0.25) is 11.8 Å². The molecule has 2 N–H and O–H groups in total.